The molecule has 1 saturated heterocycles. The van der Waals surface area contributed by atoms with Crippen molar-refractivity contribution in [1.29, 1.82) is 0 Å². The van der Waals surface area contributed by atoms with Crippen LogP contribution in [0.2, 0.25) is 5.02 Å². The fraction of sp³-hybridized carbons (Fsp3) is 0.611. The predicted molar refractivity (Wildman–Crippen MR) is 99.7 cm³/mol. The lowest BCUT2D eigenvalue weighted by atomic mass is 10.0. The Hall–Kier alpha value is -1.54. The first-order valence-corrected chi connectivity index (χ1v) is 9.34. The van der Waals surface area contributed by atoms with Gasteiger partial charge < -0.3 is 30.5 Å². The van der Waals surface area contributed by atoms with Crippen molar-refractivity contribution in [3.8, 4) is 5.75 Å². The molecule has 4 N–H and O–H groups in total. The zero-order valence-corrected chi connectivity index (χ0v) is 15.7. The number of carbonyl (C=O) groups excluding carboxylic acids is 1. The van der Waals surface area contributed by atoms with Crippen molar-refractivity contribution in [2.45, 2.75) is 31.4 Å². The van der Waals surface area contributed by atoms with Crippen LogP contribution in [0.4, 0.5) is 5.69 Å². The summed E-state index contributed by atoms with van der Waals surface area (Å²) < 4.78 is 10.6. The molecule has 0 aromatic heterocycles. The van der Waals surface area contributed by atoms with Crippen molar-refractivity contribution in [3.63, 3.8) is 0 Å². The van der Waals surface area contributed by atoms with Crippen molar-refractivity contribution in [3.05, 3.63) is 22.2 Å². The molecule has 26 heavy (non-hydrogen) atoms. The van der Waals surface area contributed by atoms with Crippen LogP contribution >= 0.6 is 11.6 Å². The first-order chi connectivity index (χ1) is 12.5. The number of rotatable bonds is 6. The molecule has 1 amide bonds. The number of aliphatic hydroxyl groups excluding tert-OH is 1. The van der Waals surface area contributed by atoms with E-state index in [0.29, 0.717) is 16.9 Å². The monoisotopic (exact) mass is 383 g/mol. The second-order valence-corrected chi connectivity index (χ2v) is 7.23. The molecule has 8 heteroatoms. The summed E-state index contributed by atoms with van der Waals surface area (Å²) >= 11 is 6.14. The number of halogens is 1. The van der Waals surface area contributed by atoms with Gasteiger partial charge in [-0.3, -0.25) is 4.79 Å². The number of hydrogen-bond acceptors (Lipinski definition) is 6. The van der Waals surface area contributed by atoms with Crippen LogP contribution in [-0.2, 0) is 4.74 Å². The summed E-state index contributed by atoms with van der Waals surface area (Å²) in [7, 11) is 1.71. The molecule has 1 atom stereocenters. The number of fused-ring (bicyclic) bond motifs is 1. The summed E-state index contributed by atoms with van der Waals surface area (Å²) in [5.74, 6) is 0.101. The third-order valence-corrected chi connectivity index (χ3v) is 5.33. The summed E-state index contributed by atoms with van der Waals surface area (Å²) in [6.07, 6.45) is 1.95. The summed E-state index contributed by atoms with van der Waals surface area (Å²) in [5.41, 5.74) is 6.94. The van der Waals surface area contributed by atoms with Gasteiger partial charge in [0.1, 0.15) is 18.5 Å². The van der Waals surface area contributed by atoms with Gasteiger partial charge in [-0.15, -0.1) is 0 Å². The number of nitrogen functional groups attached to an aromatic ring is 1. The Morgan fingerprint density at radius 2 is 2.23 bits per heavy atom. The number of piperidine rings is 1. The number of anilines is 1. The number of methoxy groups -OCH3 is 1. The minimum atomic E-state index is -0.856. The number of likely N-dealkylation sites (tertiary alicyclic amines) is 1. The minimum Gasteiger partial charge on any atom is -0.489 e. The van der Waals surface area contributed by atoms with Gasteiger partial charge in [0.25, 0.3) is 5.91 Å². The highest BCUT2D eigenvalue weighted by Gasteiger charge is 2.32. The van der Waals surface area contributed by atoms with E-state index in [4.69, 9.17) is 26.8 Å². The Morgan fingerprint density at radius 1 is 1.50 bits per heavy atom. The van der Waals surface area contributed by atoms with Gasteiger partial charge in [-0.05, 0) is 25.3 Å². The Kier molecular flexibility index (Phi) is 6.24. The lowest BCUT2D eigenvalue weighted by Gasteiger charge is -2.32. The normalized spacial score (nSPS) is 20.7. The quantitative estimate of drug-likeness (QED) is 0.509. The highest BCUT2D eigenvalue weighted by atomic mass is 35.5. The Bertz CT molecular complexity index is 662. The number of hydrogen-bond donors (Lipinski definition) is 3. The van der Waals surface area contributed by atoms with E-state index in [-0.39, 0.29) is 29.3 Å². The van der Waals surface area contributed by atoms with Crippen LogP contribution in [0.1, 0.15) is 41.3 Å². The van der Waals surface area contributed by atoms with Crippen LogP contribution in [0.25, 0.3) is 0 Å². The Labute approximate surface area is 158 Å². The molecule has 3 rings (SSSR count). The number of carbonyl (C=O) groups is 1. The van der Waals surface area contributed by atoms with Gasteiger partial charge in [0.05, 0.1) is 21.8 Å². The van der Waals surface area contributed by atoms with Crippen LogP contribution in [0.15, 0.2) is 6.07 Å². The van der Waals surface area contributed by atoms with E-state index in [1.54, 1.807) is 7.11 Å². The number of nitrogens with two attached hydrogens (primary N) is 1. The Morgan fingerprint density at radius 3 is 2.92 bits per heavy atom. The molecule has 0 spiro atoms. The largest absolute Gasteiger partial charge is 0.489 e. The third kappa shape index (κ3) is 4.06. The van der Waals surface area contributed by atoms with Crippen molar-refractivity contribution in [2.24, 2.45) is 0 Å². The molecule has 2 aliphatic rings. The number of nitrogens with one attached hydrogen (secondary N) is 1. The summed E-state index contributed by atoms with van der Waals surface area (Å²) in [6.45, 7) is 3.77. The lowest BCUT2D eigenvalue weighted by molar-refractivity contribution is 0.0902. The Balaban J connectivity index is 1.61. The number of aliphatic hydroxyl groups is 1. The lowest BCUT2D eigenvalue weighted by Crippen LogP contribution is -2.45. The van der Waals surface area contributed by atoms with Gasteiger partial charge in [0.2, 0.25) is 0 Å². The zero-order valence-electron chi connectivity index (χ0n) is 15.0. The van der Waals surface area contributed by atoms with E-state index in [9.17, 15) is 9.90 Å². The standard InChI is InChI=1S/C18H26ClN3O4/c1-25-8-2-5-22-6-3-11(4-7-22)21-18(24)12-9-13(19)16(20)15-14(23)10-26-17(12)15/h9,11,14,23H,2-8,10,20H2,1H3,(H,21,24). The fourth-order valence-corrected chi connectivity index (χ4v) is 3.77. The first-order valence-electron chi connectivity index (χ1n) is 8.96. The van der Waals surface area contributed by atoms with Gasteiger partial charge in [-0.1, -0.05) is 11.6 Å². The second-order valence-electron chi connectivity index (χ2n) is 6.82. The van der Waals surface area contributed by atoms with E-state index >= 15 is 0 Å². The summed E-state index contributed by atoms with van der Waals surface area (Å²) in [6, 6.07) is 1.63. The maximum Gasteiger partial charge on any atom is 0.255 e. The molecule has 1 unspecified atom stereocenters. The topological polar surface area (TPSA) is 97.1 Å². The van der Waals surface area contributed by atoms with Crippen molar-refractivity contribution in [2.75, 3.05) is 45.7 Å². The average Bonchev–Trinajstić information content (AvgIpc) is 3.01. The highest BCUT2D eigenvalue weighted by Crippen LogP contribution is 2.43. The highest BCUT2D eigenvalue weighted by molar-refractivity contribution is 6.33. The van der Waals surface area contributed by atoms with Crippen molar-refractivity contribution < 1.29 is 19.4 Å². The molecule has 1 aromatic carbocycles. The fourth-order valence-electron chi connectivity index (χ4n) is 3.56. The third-order valence-electron chi connectivity index (χ3n) is 5.02. The number of ether oxygens (including phenoxy) is 2. The molecular formula is C18H26ClN3O4. The molecule has 0 aliphatic carbocycles. The molecule has 0 saturated carbocycles. The maximum absolute atomic E-state index is 12.7. The summed E-state index contributed by atoms with van der Waals surface area (Å²) in [4.78, 5) is 15.1. The molecule has 1 fully saturated rings. The van der Waals surface area contributed by atoms with Gasteiger partial charge in [-0.25, -0.2) is 0 Å². The smallest absolute Gasteiger partial charge is 0.255 e. The molecule has 1 aromatic rings. The van der Waals surface area contributed by atoms with Crippen LogP contribution in [0.3, 0.4) is 0 Å². The molecule has 144 valence electrons. The number of amides is 1. The number of benzene rings is 1. The van der Waals surface area contributed by atoms with Gasteiger partial charge in [-0.2, -0.15) is 0 Å². The molecule has 2 heterocycles. The van der Waals surface area contributed by atoms with Crippen LogP contribution < -0.4 is 15.8 Å². The van der Waals surface area contributed by atoms with E-state index in [2.05, 4.69) is 10.2 Å². The van der Waals surface area contributed by atoms with Crippen molar-refractivity contribution in [1.82, 2.24) is 10.2 Å². The number of nitrogens with zero attached hydrogens (tertiary/aromatic N) is 1. The zero-order chi connectivity index (χ0) is 18.7. The summed E-state index contributed by atoms with van der Waals surface area (Å²) in [5, 5.41) is 13.3. The second kappa shape index (κ2) is 8.43. The molecule has 0 radical (unpaired) electrons. The van der Waals surface area contributed by atoms with Gasteiger partial charge >= 0.3 is 0 Å². The van der Waals surface area contributed by atoms with E-state index in [1.165, 1.54) is 6.07 Å². The van der Waals surface area contributed by atoms with Crippen LogP contribution in [0, 0.1) is 0 Å². The van der Waals surface area contributed by atoms with E-state index < -0.39 is 6.10 Å². The predicted octanol–water partition coefficient (Wildman–Crippen LogP) is 1.58. The SMILES string of the molecule is COCCCN1CCC(NC(=O)c2cc(Cl)c(N)c3c2OCC3O)CC1. The average molecular weight is 384 g/mol. The molecule has 2 aliphatic heterocycles. The van der Waals surface area contributed by atoms with Crippen LogP contribution in [-0.4, -0.2) is 61.9 Å². The minimum absolute atomic E-state index is 0.0834. The first kappa shape index (κ1) is 19.2. The van der Waals surface area contributed by atoms with E-state index in [1.807, 2.05) is 0 Å². The molecular weight excluding hydrogens is 358 g/mol. The van der Waals surface area contributed by atoms with Crippen molar-refractivity contribution >= 4 is 23.2 Å². The molecule has 7 nitrogen and oxygen atoms in total. The van der Waals surface area contributed by atoms with Gasteiger partial charge in [0, 0.05) is 39.4 Å². The van der Waals surface area contributed by atoms with Gasteiger partial charge in [0.15, 0.2) is 0 Å². The van der Waals surface area contributed by atoms with E-state index in [0.717, 1.165) is 45.5 Å². The van der Waals surface area contributed by atoms with Crippen LogP contribution in [0.5, 0.6) is 5.75 Å². The molecule has 0 bridgehead atoms. The maximum atomic E-state index is 12.7.